The number of nitrogens with one attached hydrogen (secondary N) is 1. The molecule has 1 unspecified atom stereocenters. The van der Waals surface area contributed by atoms with Gasteiger partial charge < -0.3 is 24.8 Å². The van der Waals surface area contributed by atoms with Gasteiger partial charge in [0, 0.05) is 67.3 Å². The van der Waals surface area contributed by atoms with Gasteiger partial charge in [0.25, 0.3) is 0 Å². The van der Waals surface area contributed by atoms with Crippen molar-refractivity contribution in [2.45, 2.75) is 19.1 Å². The van der Waals surface area contributed by atoms with Crippen molar-refractivity contribution in [2.75, 3.05) is 49.6 Å². The SMILES string of the molecule is C=CC(O)N1CCCc2ccc(-c3c(-c4ccc(N5CCN(C)CC5)nc4)[nH]c4nccc(Cl)c34)cc21. The molecule has 1 fully saturated rings. The van der Waals surface area contributed by atoms with Gasteiger partial charge in [-0.05, 0) is 61.4 Å². The number of benzene rings is 1. The predicted molar refractivity (Wildman–Crippen MR) is 151 cm³/mol. The van der Waals surface area contributed by atoms with Crippen LogP contribution < -0.4 is 9.80 Å². The predicted octanol–water partition coefficient (Wildman–Crippen LogP) is 4.95. The molecule has 0 aliphatic carbocycles. The van der Waals surface area contributed by atoms with Crippen LogP contribution in [0.1, 0.15) is 12.0 Å². The van der Waals surface area contributed by atoms with Crippen LogP contribution in [-0.2, 0) is 6.42 Å². The fourth-order valence-corrected chi connectivity index (χ4v) is 5.74. The van der Waals surface area contributed by atoms with Crippen molar-refractivity contribution in [3.05, 3.63) is 72.0 Å². The zero-order chi connectivity index (χ0) is 25.5. The fourth-order valence-electron chi connectivity index (χ4n) is 5.50. The van der Waals surface area contributed by atoms with E-state index in [4.69, 9.17) is 16.6 Å². The Morgan fingerprint density at radius 2 is 1.86 bits per heavy atom. The molecular weight excluding hydrogens is 484 g/mol. The number of hydrogen-bond donors (Lipinski definition) is 2. The van der Waals surface area contributed by atoms with Gasteiger partial charge in [-0.3, -0.25) is 0 Å². The first-order chi connectivity index (χ1) is 18.0. The van der Waals surface area contributed by atoms with E-state index in [9.17, 15) is 5.11 Å². The van der Waals surface area contributed by atoms with E-state index in [-0.39, 0.29) is 0 Å². The molecule has 0 amide bonds. The molecule has 4 aromatic rings. The summed E-state index contributed by atoms with van der Waals surface area (Å²) in [6.07, 6.45) is 6.48. The van der Waals surface area contributed by atoms with Crippen LogP contribution in [0.25, 0.3) is 33.4 Å². The van der Waals surface area contributed by atoms with Crippen LogP contribution in [0.3, 0.4) is 0 Å². The molecule has 0 bridgehead atoms. The highest BCUT2D eigenvalue weighted by Crippen LogP contribution is 2.43. The number of nitrogens with zero attached hydrogens (tertiary/aromatic N) is 5. The standard InChI is InChI=1S/C29H31ClN6O/c1-3-25(37)36-12-4-5-19-6-7-20(17-23(19)36)26-27-22(30)10-11-31-29(27)33-28(26)21-8-9-24(32-18-21)35-15-13-34(2)14-16-35/h3,6-11,17-18,25,37H,1,4-5,12-16H2,2H3,(H,31,33). The Morgan fingerprint density at radius 1 is 1.05 bits per heavy atom. The van der Waals surface area contributed by atoms with Crippen molar-refractivity contribution in [3.63, 3.8) is 0 Å². The van der Waals surface area contributed by atoms with Crippen molar-refractivity contribution in [2.24, 2.45) is 0 Å². The number of H-pyrrole nitrogens is 1. The molecule has 0 radical (unpaired) electrons. The fraction of sp³-hybridized carbons (Fsp3) is 0.310. The highest BCUT2D eigenvalue weighted by atomic mass is 35.5. The Balaban J connectivity index is 1.46. The van der Waals surface area contributed by atoms with E-state index in [0.717, 1.165) is 90.5 Å². The first-order valence-electron chi connectivity index (χ1n) is 12.8. The van der Waals surface area contributed by atoms with Crippen LogP contribution in [0.4, 0.5) is 11.5 Å². The van der Waals surface area contributed by atoms with Crippen molar-refractivity contribution >= 4 is 34.1 Å². The topological polar surface area (TPSA) is 71.5 Å². The van der Waals surface area contributed by atoms with Gasteiger partial charge >= 0.3 is 0 Å². The summed E-state index contributed by atoms with van der Waals surface area (Å²) in [5, 5.41) is 12.1. The minimum atomic E-state index is -0.728. The number of fused-ring (bicyclic) bond motifs is 2. The molecule has 6 rings (SSSR count). The lowest BCUT2D eigenvalue weighted by Crippen LogP contribution is -2.44. The highest BCUT2D eigenvalue weighted by Gasteiger charge is 2.24. The summed E-state index contributed by atoms with van der Waals surface area (Å²) >= 11 is 6.75. The Hall–Kier alpha value is -3.39. The summed E-state index contributed by atoms with van der Waals surface area (Å²) in [5.41, 5.74) is 6.90. The zero-order valence-electron chi connectivity index (χ0n) is 21.0. The molecule has 8 heteroatoms. The maximum atomic E-state index is 10.6. The molecular formula is C29H31ClN6O. The summed E-state index contributed by atoms with van der Waals surface area (Å²) in [5.74, 6) is 0.994. The van der Waals surface area contributed by atoms with Crippen LogP contribution in [0.15, 0.2) is 61.4 Å². The number of likely N-dealkylation sites (N-methyl/N-ethyl adjacent to an activating group) is 1. The van der Waals surface area contributed by atoms with Crippen LogP contribution in [0.5, 0.6) is 0 Å². The average molecular weight is 515 g/mol. The summed E-state index contributed by atoms with van der Waals surface area (Å²) in [6, 6.07) is 12.5. The summed E-state index contributed by atoms with van der Waals surface area (Å²) in [7, 11) is 2.16. The molecule has 2 aliphatic heterocycles. The van der Waals surface area contributed by atoms with Gasteiger partial charge in [-0.25, -0.2) is 9.97 Å². The summed E-state index contributed by atoms with van der Waals surface area (Å²) in [4.78, 5) is 19.6. The smallest absolute Gasteiger partial charge is 0.145 e. The van der Waals surface area contributed by atoms with Crippen LogP contribution in [-0.4, -0.2) is 71.0 Å². The van der Waals surface area contributed by atoms with Crippen molar-refractivity contribution in [3.8, 4) is 22.4 Å². The molecule has 1 atom stereocenters. The number of aliphatic hydroxyl groups is 1. The number of aromatic nitrogens is 3. The molecule has 1 aromatic carbocycles. The summed E-state index contributed by atoms with van der Waals surface area (Å²) < 4.78 is 0. The van der Waals surface area contributed by atoms with E-state index in [2.05, 4.69) is 63.7 Å². The third-order valence-electron chi connectivity index (χ3n) is 7.57. The van der Waals surface area contributed by atoms with Gasteiger partial charge in [-0.15, -0.1) is 0 Å². The number of halogens is 1. The normalized spacial score (nSPS) is 17.2. The molecule has 37 heavy (non-hydrogen) atoms. The van der Waals surface area contributed by atoms with Crippen molar-refractivity contribution < 1.29 is 5.11 Å². The van der Waals surface area contributed by atoms with E-state index < -0.39 is 6.23 Å². The Morgan fingerprint density at radius 3 is 2.62 bits per heavy atom. The molecule has 1 saturated heterocycles. The van der Waals surface area contributed by atoms with Gasteiger partial charge in [0.05, 0.1) is 10.7 Å². The second-order valence-electron chi connectivity index (χ2n) is 9.88. The number of aliphatic hydroxyl groups excluding tert-OH is 1. The van der Waals surface area contributed by atoms with Gasteiger partial charge in [-0.1, -0.05) is 30.3 Å². The Labute approximate surface area is 222 Å². The summed E-state index contributed by atoms with van der Waals surface area (Å²) in [6.45, 7) is 8.60. The number of rotatable bonds is 5. The van der Waals surface area contributed by atoms with E-state index in [1.165, 1.54) is 5.56 Å². The number of anilines is 2. The van der Waals surface area contributed by atoms with Crippen molar-refractivity contribution in [1.29, 1.82) is 0 Å². The maximum Gasteiger partial charge on any atom is 0.145 e. The molecule has 5 heterocycles. The maximum absolute atomic E-state index is 10.6. The molecule has 0 spiro atoms. The van der Waals surface area contributed by atoms with Gasteiger partial charge in [0.15, 0.2) is 0 Å². The molecule has 190 valence electrons. The second-order valence-corrected chi connectivity index (χ2v) is 10.3. The van der Waals surface area contributed by atoms with Crippen LogP contribution >= 0.6 is 11.6 Å². The van der Waals surface area contributed by atoms with Gasteiger partial charge in [-0.2, -0.15) is 0 Å². The molecule has 2 N–H and O–H groups in total. The zero-order valence-corrected chi connectivity index (χ0v) is 21.7. The second kappa shape index (κ2) is 9.82. The monoisotopic (exact) mass is 514 g/mol. The molecule has 7 nitrogen and oxygen atoms in total. The highest BCUT2D eigenvalue weighted by molar-refractivity contribution is 6.36. The molecule has 2 aliphatic rings. The quantitative estimate of drug-likeness (QED) is 0.367. The van der Waals surface area contributed by atoms with E-state index >= 15 is 0 Å². The minimum Gasteiger partial charge on any atom is -0.370 e. The lowest BCUT2D eigenvalue weighted by molar-refractivity contribution is 0.214. The van der Waals surface area contributed by atoms with Crippen LogP contribution in [0, 0.1) is 0 Å². The van der Waals surface area contributed by atoms with E-state index in [1.54, 1.807) is 12.3 Å². The molecule has 0 saturated carbocycles. The number of aromatic amines is 1. The number of aryl methyl sites for hydroxylation is 1. The van der Waals surface area contributed by atoms with Crippen molar-refractivity contribution in [1.82, 2.24) is 19.9 Å². The first kappa shape index (κ1) is 24.0. The lowest BCUT2D eigenvalue weighted by Gasteiger charge is -2.34. The van der Waals surface area contributed by atoms with E-state index in [0.29, 0.717) is 5.02 Å². The van der Waals surface area contributed by atoms with Gasteiger partial charge in [0.1, 0.15) is 17.7 Å². The number of pyridine rings is 2. The average Bonchev–Trinajstić information content (AvgIpc) is 3.33. The number of hydrogen-bond acceptors (Lipinski definition) is 6. The Kier molecular flexibility index (Phi) is 6.36. The largest absolute Gasteiger partial charge is 0.370 e. The number of piperazine rings is 1. The third-order valence-corrected chi connectivity index (χ3v) is 7.88. The van der Waals surface area contributed by atoms with Crippen LogP contribution in [0.2, 0.25) is 5.02 Å². The molecule has 3 aromatic heterocycles. The lowest BCUT2D eigenvalue weighted by atomic mass is 9.94. The van der Waals surface area contributed by atoms with Gasteiger partial charge in [0.2, 0.25) is 0 Å². The Bertz CT molecular complexity index is 1440. The third kappa shape index (κ3) is 4.37. The van der Waals surface area contributed by atoms with E-state index in [1.807, 2.05) is 17.2 Å². The first-order valence-corrected chi connectivity index (χ1v) is 13.2. The minimum absolute atomic E-state index is 0.644.